The molecule has 0 bridgehead atoms. The predicted octanol–water partition coefficient (Wildman–Crippen LogP) is 0.896. The molecule has 23 heavy (non-hydrogen) atoms. The van der Waals surface area contributed by atoms with Crippen LogP contribution in [0.5, 0.6) is 0 Å². The van der Waals surface area contributed by atoms with Crippen LogP contribution in [-0.2, 0) is 6.42 Å². The van der Waals surface area contributed by atoms with Crippen LogP contribution >= 0.6 is 0 Å². The van der Waals surface area contributed by atoms with Crippen molar-refractivity contribution in [2.24, 2.45) is 0 Å². The predicted molar refractivity (Wildman–Crippen MR) is 88.8 cm³/mol. The number of unbranched alkanes of at least 4 members (excludes halogenated alkanes) is 3. The van der Waals surface area contributed by atoms with E-state index < -0.39 is 24.0 Å². The van der Waals surface area contributed by atoms with Gasteiger partial charge in [-0.2, -0.15) is 0 Å². The molecule has 5 heteroatoms. The van der Waals surface area contributed by atoms with Gasteiger partial charge in [0.05, 0.1) is 12.6 Å². The molecular weight excluding hydrogens is 294 g/mol. The van der Waals surface area contributed by atoms with Crippen molar-refractivity contribution in [2.45, 2.75) is 63.0 Å². The van der Waals surface area contributed by atoms with Crippen molar-refractivity contribution in [1.29, 1.82) is 0 Å². The fraction of sp³-hybridized carbons (Fsp3) is 0.667. The molecule has 0 radical (unpaired) electrons. The molecule has 0 saturated carbocycles. The van der Waals surface area contributed by atoms with Crippen molar-refractivity contribution >= 4 is 0 Å². The summed E-state index contributed by atoms with van der Waals surface area (Å²) in [6, 6.07) is 9.79. The van der Waals surface area contributed by atoms with Gasteiger partial charge in [-0.05, 0) is 31.7 Å². The second-order valence-corrected chi connectivity index (χ2v) is 6.62. The highest BCUT2D eigenvalue weighted by Crippen LogP contribution is 2.32. The molecule has 1 heterocycles. The zero-order chi connectivity index (χ0) is 16.9. The van der Waals surface area contributed by atoms with Gasteiger partial charge in [0, 0.05) is 6.54 Å². The number of aryl methyl sites for hydroxylation is 1. The van der Waals surface area contributed by atoms with E-state index in [2.05, 4.69) is 24.3 Å². The molecular formula is C18H29NO4. The summed E-state index contributed by atoms with van der Waals surface area (Å²) in [5.74, 6) is 0. The Hall–Kier alpha value is -0.980. The highest BCUT2D eigenvalue weighted by atomic mass is 16.4. The molecule has 4 atom stereocenters. The van der Waals surface area contributed by atoms with Crippen LogP contribution in [0.25, 0.3) is 0 Å². The van der Waals surface area contributed by atoms with Crippen molar-refractivity contribution in [3.05, 3.63) is 35.9 Å². The van der Waals surface area contributed by atoms with Gasteiger partial charge < -0.3 is 20.4 Å². The molecule has 0 aliphatic carbocycles. The Balaban J connectivity index is 1.71. The molecule has 0 unspecified atom stereocenters. The minimum Gasteiger partial charge on any atom is -0.395 e. The van der Waals surface area contributed by atoms with Gasteiger partial charge in [-0.15, -0.1) is 0 Å². The third kappa shape index (κ3) is 4.31. The fourth-order valence-corrected chi connectivity index (χ4v) is 3.43. The average molecular weight is 323 g/mol. The Kier molecular flexibility index (Phi) is 6.56. The number of hydrogen-bond acceptors (Lipinski definition) is 5. The SMILES string of the molecule is C[C@]1(O)[C@@H](O)[C@H](O)[C@@H](CO)N1CCCCCCc1ccccc1. The smallest absolute Gasteiger partial charge is 0.144 e. The minimum absolute atomic E-state index is 0.275. The van der Waals surface area contributed by atoms with Gasteiger partial charge in [-0.1, -0.05) is 43.2 Å². The zero-order valence-electron chi connectivity index (χ0n) is 13.8. The Morgan fingerprint density at radius 3 is 2.35 bits per heavy atom. The second kappa shape index (κ2) is 8.22. The fourth-order valence-electron chi connectivity index (χ4n) is 3.43. The van der Waals surface area contributed by atoms with Crippen LogP contribution in [0, 0.1) is 0 Å². The standard InChI is InChI=1S/C18H29NO4/c1-18(23)17(22)16(21)15(13-20)19(18)12-8-3-2-5-9-14-10-6-4-7-11-14/h4,6-7,10-11,15-17,20-23H,2-3,5,8-9,12-13H2,1H3/t15-,16-,17+,18+/m1/s1. The third-order valence-electron chi connectivity index (χ3n) is 4.90. The van der Waals surface area contributed by atoms with E-state index in [-0.39, 0.29) is 6.61 Å². The molecule has 1 saturated heterocycles. The van der Waals surface area contributed by atoms with E-state index in [0.29, 0.717) is 6.54 Å². The van der Waals surface area contributed by atoms with Crippen molar-refractivity contribution < 1.29 is 20.4 Å². The number of nitrogens with zero attached hydrogens (tertiary/aromatic N) is 1. The molecule has 1 fully saturated rings. The maximum atomic E-state index is 10.4. The van der Waals surface area contributed by atoms with Gasteiger partial charge >= 0.3 is 0 Å². The van der Waals surface area contributed by atoms with Crippen LogP contribution < -0.4 is 0 Å². The van der Waals surface area contributed by atoms with Crippen LogP contribution in [0.3, 0.4) is 0 Å². The quantitative estimate of drug-likeness (QED) is 0.534. The zero-order valence-corrected chi connectivity index (χ0v) is 13.8. The average Bonchev–Trinajstić information content (AvgIpc) is 2.71. The summed E-state index contributed by atoms with van der Waals surface area (Å²) in [7, 11) is 0. The highest BCUT2D eigenvalue weighted by Gasteiger charge is 2.54. The second-order valence-electron chi connectivity index (χ2n) is 6.62. The third-order valence-corrected chi connectivity index (χ3v) is 4.90. The lowest BCUT2D eigenvalue weighted by Gasteiger charge is -2.34. The molecule has 0 spiro atoms. The number of benzene rings is 1. The van der Waals surface area contributed by atoms with Gasteiger partial charge in [0.1, 0.15) is 17.9 Å². The van der Waals surface area contributed by atoms with Crippen LogP contribution in [0.15, 0.2) is 30.3 Å². The number of hydrogen-bond donors (Lipinski definition) is 4. The molecule has 130 valence electrons. The van der Waals surface area contributed by atoms with Gasteiger partial charge in [0.2, 0.25) is 0 Å². The van der Waals surface area contributed by atoms with Gasteiger partial charge in [0.25, 0.3) is 0 Å². The number of rotatable bonds is 8. The summed E-state index contributed by atoms with van der Waals surface area (Å²) in [6.07, 6.45) is 2.80. The van der Waals surface area contributed by atoms with Gasteiger partial charge in [0.15, 0.2) is 0 Å². The van der Waals surface area contributed by atoms with E-state index in [9.17, 15) is 20.4 Å². The summed E-state index contributed by atoms with van der Waals surface area (Å²) >= 11 is 0. The van der Waals surface area contributed by atoms with Crippen molar-refractivity contribution in [1.82, 2.24) is 4.90 Å². The largest absolute Gasteiger partial charge is 0.395 e. The lowest BCUT2D eigenvalue weighted by molar-refractivity contribution is -0.141. The van der Waals surface area contributed by atoms with Crippen LogP contribution in [-0.4, -0.2) is 62.5 Å². The number of aliphatic hydroxyl groups excluding tert-OH is 3. The molecule has 1 aliphatic heterocycles. The monoisotopic (exact) mass is 323 g/mol. The van der Waals surface area contributed by atoms with Crippen LogP contribution in [0.1, 0.15) is 38.2 Å². The molecule has 1 aliphatic rings. The first-order valence-electron chi connectivity index (χ1n) is 8.48. The molecule has 5 nitrogen and oxygen atoms in total. The molecule has 0 amide bonds. The maximum Gasteiger partial charge on any atom is 0.144 e. The Bertz CT molecular complexity index is 465. The van der Waals surface area contributed by atoms with Gasteiger partial charge in [-0.25, -0.2) is 0 Å². The van der Waals surface area contributed by atoms with Crippen molar-refractivity contribution in [2.75, 3.05) is 13.2 Å². The summed E-state index contributed by atoms with van der Waals surface area (Å²) in [5, 5.41) is 39.6. The first kappa shape index (κ1) is 18.4. The first-order valence-corrected chi connectivity index (χ1v) is 8.48. The molecule has 1 aromatic rings. The minimum atomic E-state index is -1.49. The number of aliphatic hydroxyl groups is 4. The van der Waals surface area contributed by atoms with E-state index >= 15 is 0 Å². The lowest BCUT2D eigenvalue weighted by Crippen LogP contribution is -2.50. The topological polar surface area (TPSA) is 84.2 Å². The summed E-state index contributed by atoms with van der Waals surface area (Å²) in [5.41, 5.74) is -0.141. The van der Waals surface area contributed by atoms with Gasteiger partial charge in [-0.3, -0.25) is 4.90 Å². The van der Waals surface area contributed by atoms with E-state index in [0.717, 1.165) is 32.1 Å². The molecule has 4 N–H and O–H groups in total. The number of likely N-dealkylation sites (tertiary alicyclic amines) is 1. The van der Waals surface area contributed by atoms with Crippen molar-refractivity contribution in [3.8, 4) is 0 Å². The summed E-state index contributed by atoms with van der Waals surface area (Å²) < 4.78 is 0. The normalized spacial score (nSPS) is 31.6. The van der Waals surface area contributed by atoms with Crippen molar-refractivity contribution in [3.63, 3.8) is 0 Å². The Morgan fingerprint density at radius 1 is 1.04 bits per heavy atom. The van der Waals surface area contributed by atoms with E-state index in [4.69, 9.17) is 0 Å². The first-order chi connectivity index (χ1) is 11.0. The lowest BCUT2D eigenvalue weighted by atomic mass is 10.1. The Labute approximate surface area is 138 Å². The molecule has 1 aromatic carbocycles. The Morgan fingerprint density at radius 2 is 1.70 bits per heavy atom. The van der Waals surface area contributed by atoms with E-state index in [1.54, 1.807) is 4.90 Å². The van der Waals surface area contributed by atoms with Crippen LogP contribution in [0.4, 0.5) is 0 Å². The maximum absolute atomic E-state index is 10.4. The highest BCUT2D eigenvalue weighted by molar-refractivity contribution is 5.14. The summed E-state index contributed by atoms with van der Waals surface area (Å²) in [6.45, 7) is 1.77. The van der Waals surface area contributed by atoms with E-state index in [1.165, 1.54) is 12.5 Å². The molecule has 2 rings (SSSR count). The van der Waals surface area contributed by atoms with E-state index in [1.807, 2.05) is 6.07 Å². The molecule has 0 aromatic heterocycles. The summed E-state index contributed by atoms with van der Waals surface area (Å²) in [4.78, 5) is 1.62. The van der Waals surface area contributed by atoms with Crippen LogP contribution in [0.2, 0.25) is 0 Å².